The van der Waals surface area contributed by atoms with Crippen LogP contribution in [0.4, 0.5) is 0 Å². The second-order valence-electron chi connectivity index (χ2n) is 6.88. The van der Waals surface area contributed by atoms with Crippen LogP contribution in [0.15, 0.2) is 71.4 Å². The molecule has 1 heterocycles. The first-order valence-corrected chi connectivity index (χ1v) is 10.9. The molecule has 0 aliphatic rings. The Morgan fingerprint density at radius 3 is 2.21 bits per heavy atom. The molecule has 0 radical (unpaired) electrons. The van der Waals surface area contributed by atoms with Gasteiger partial charge in [0.05, 0.1) is 5.92 Å². The van der Waals surface area contributed by atoms with Crippen molar-refractivity contribution >= 4 is 35.8 Å². The fourth-order valence-electron chi connectivity index (χ4n) is 3.13. The zero-order chi connectivity index (χ0) is 20.6. The molecule has 0 saturated carbocycles. The van der Waals surface area contributed by atoms with Crippen LogP contribution in [0.25, 0.3) is 11.1 Å². The zero-order valence-corrected chi connectivity index (χ0v) is 17.5. The SMILES string of the molecule is O=C(NC(Cc1ccc(-c2ccsc2)cc1)C(=O)O)C(CS)Cc1ccccc1. The Morgan fingerprint density at radius 2 is 1.62 bits per heavy atom. The Morgan fingerprint density at radius 1 is 0.931 bits per heavy atom. The Hall–Kier alpha value is -2.57. The topological polar surface area (TPSA) is 66.4 Å². The Labute approximate surface area is 180 Å². The van der Waals surface area contributed by atoms with Crippen molar-refractivity contribution in [2.45, 2.75) is 18.9 Å². The number of thiophene rings is 1. The first kappa shape index (κ1) is 21.1. The fourth-order valence-corrected chi connectivity index (χ4v) is 4.09. The molecule has 3 rings (SSSR count). The predicted octanol–water partition coefficient (Wildman–Crippen LogP) is 4.32. The largest absolute Gasteiger partial charge is 0.480 e. The summed E-state index contributed by atoms with van der Waals surface area (Å²) in [5, 5.41) is 16.4. The zero-order valence-electron chi connectivity index (χ0n) is 15.8. The van der Waals surface area contributed by atoms with Crippen LogP contribution in [0.3, 0.4) is 0 Å². The number of carbonyl (C=O) groups excluding carboxylic acids is 1. The minimum Gasteiger partial charge on any atom is -0.480 e. The van der Waals surface area contributed by atoms with E-state index in [0.717, 1.165) is 22.3 Å². The minimum atomic E-state index is -1.04. The van der Waals surface area contributed by atoms with E-state index in [2.05, 4.69) is 23.3 Å². The number of benzene rings is 2. The van der Waals surface area contributed by atoms with Crippen LogP contribution < -0.4 is 5.32 Å². The van der Waals surface area contributed by atoms with E-state index in [9.17, 15) is 14.7 Å². The van der Waals surface area contributed by atoms with Crippen LogP contribution in [0.2, 0.25) is 0 Å². The number of nitrogens with one attached hydrogen (secondary N) is 1. The fraction of sp³-hybridized carbons (Fsp3) is 0.217. The normalized spacial score (nSPS) is 12.9. The van der Waals surface area contributed by atoms with Crippen LogP contribution in [-0.2, 0) is 22.4 Å². The van der Waals surface area contributed by atoms with E-state index in [-0.39, 0.29) is 18.2 Å². The second-order valence-corrected chi connectivity index (χ2v) is 8.03. The smallest absolute Gasteiger partial charge is 0.326 e. The van der Waals surface area contributed by atoms with E-state index < -0.39 is 12.0 Å². The van der Waals surface area contributed by atoms with E-state index in [1.807, 2.05) is 66.0 Å². The molecule has 29 heavy (non-hydrogen) atoms. The molecule has 0 spiro atoms. The molecule has 2 N–H and O–H groups in total. The Balaban J connectivity index is 1.64. The molecule has 0 bridgehead atoms. The summed E-state index contributed by atoms with van der Waals surface area (Å²) in [5.74, 6) is -1.37. The number of hydrogen-bond acceptors (Lipinski definition) is 4. The van der Waals surface area contributed by atoms with Gasteiger partial charge in [-0.05, 0) is 45.5 Å². The quantitative estimate of drug-likeness (QED) is 0.448. The van der Waals surface area contributed by atoms with Gasteiger partial charge in [0.1, 0.15) is 6.04 Å². The van der Waals surface area contributed by atoms with E-state index in [0.29, 0.717) is 12.2 Å². The van der Waals surface area contributed by atoms with Gasteiger partial charge in [0, 0.05) is 12.2 Å². The lowest BCUT2D eigenvalue weighted by atomic mass is 9.98. The van der Waals surface area contributed by atoms with Gasteiger partial charge in [-0.3, -0.25) is 4.79 Å². The Kier molecular flexibility index (Phi) is 7.49. The van der Waals surface area contributed by atoms with Crippen molar-refractivity contribution in [3.05, 3.63) is 82.6 Å². The molecule has 2 atom stereocenters. The number of carboxylic acids is 1. The molecule has 1 amide bonds. The summed E-state index contributed by atoms with van der Waals surface area (Å²) in [6, 6.07) is 18.5. The number of hydrogen-bond donors (Lipinski definition) is 3. The van der Waals surface area contributed by atoms with Gasteiger partial charge in [0.2, 0.25) is 5.91 Å². The van der Waals surface area contributed by atoms with Crippen molar-refractivity contribution in [1.29, 1.82) is 0 Å². The Bertz CT molecular complexity index is 925. The third-order valence-corrected chi connectivity index (χ3v) is 5.90. The molecule has 1 aromatic heterocycles. The van der Waals surface area contributed by atoms with Crippen LogP contribution in [-0.4, -0.2) is 28.8 Å². The predicted molar refractivity (Wildman–Crippen MR) is 121 cm³/mol. The average Bonchev–Trinajstić information content (AvgIpc) is 3.27. The van der Waals surface area contributed by atoms with Crippen molar-refractivity contribution in [1.82, 2.24) is 5.32 Å². The maximum absolute atomic E-state index is 12.7. The summed E-state index contributed by atoms with van der Waals surface area (Å²) >= 11 is 5.93. The number of carbonyl (C=O) groups is 2. The van der Waals surface area contributed by atoms with Crippen molar-refractivity contribution < 1.29 is 14.7 Å². The minimum absolute atomic E-state index is 0.232. The lowest BCUT2D eigenvalue weighted by Crippen LogP contribution is -2.45. The highest BCUT2D eigenvalue weighted by molar-refractivity contribution is 7.80. The van der Waals surface area contributed by atoms with Gasteiger partial charge in [-0.15, -0.1) is 0 Å². The number of carboxylic acid groups (broad SMARTS) is 1. The van der Waals surface area contributed by atoms with Crippen LogP contribution in [0.1, 0.15) is 11.1 Å². The highest BCUT2D eigenvalue weighted by Crippen LogP contribution is 2.22. The standard InChI is InChI=1S/C23H23NO3S2/c25-22(20(14-28)12-16-4-2-1-3-5-16)24-21(23(26)27)13-17-6-8-18(9-7-17)19-10-11-29-15-19/h1-11,15,20-21,28H,12-14H2,(H,24,25)(H,26,27). The van der Waals surface area contributed by atoms with Gasteiger partial charge in [0.25, 0.3) is 0 Å². The highest BCUT2D eigenvalue weighted by atomic mass is 32.1. The van der Waals surface area contributed by atoms with Gasteiger partial charge in [-0.25, -0.2) is 4.79 Å². The molecule has 0 aliphatic carbocycles. The second kappa shape index (κ2) is 10.3. The maximum Gasteiger partial charge on any atom is 0.326 e. The third kappa shape index (κ3) is 5.95. The van der Waals surface area contributed by atoms with Crippen LogP contribution >= 0.6 is 24.0 Å². The van der Waals surface area contributed by atoms with Crippen molar-refractivity contribution in [3.63, 3.8) is 0 Å². The van der Waals surface area contributed by atoms with E-state index >= 15 is 0 Å². The lowest BCUT2D eigenvalue weighted by Gasteiger charge is -2.19. The molecule has 3 aromatic rings. The van der Waals surface area contributed by atoms with Gasteiger partial charge in [-0.1, -0.05) is 54.6 Å². The lowest BCUT2D eigenvalue weighted by molar-refractivity contribution is -0.142. The van der Waals surface area contributed by atoms with Crippen molar-refractivity contribution in [3.8, 4) is 11.1 Å². The van der Waals surface area contributed by atoms with Gasteiger partial charge in [-0.2, -0.15) is 24.0 Å². The van der Waals surface area contributed by atoms with E-state index in [4.69, 9.17) is 0 Å². The monoisotopic (exact) mass is 425 g/mol. The van der Waals surface area contributed by atoms with Crippen molar-refractivity contribution in [2.75, 3.05) is 5.75 Å². The first-order valence-electron chi connectivity index (χ1n) is 9.36. The summed E-state index contributed by atoms with van der Waals surface area (Å²) in [4.78, 5) is 24.4. The number of aliphatic carboxylic acids is 1. The summed E-state index contributed by atoms with van der Waals surface area (Å²) in [6.45, 7) is 0. The highest BCUT2D eigenvalue weighted by Gasteiger charge is 2.25. The van der Waals surface area contributed by atoms with Crippen LogP contribution in [0.5, 0.6) is 0 Å². The van der Waals surface area contributed by atoms with E-state index in [1.165, 1.54) is 0 Å². The summed E-state index contributed by atoms with van der Waals surface area (Å²) in [5.41, 5.74) is 4.12. The van der Waals surface area contributed by atoms with Gasteiger partial charge in [0.15, 0.2) is 0 Å². The summed E-state index contributed by atoms with van der Waals surface area (Å²) < 4.78 is 0. The van der Waals surface area contributed by atoms with Crippen LogP contribution in [0, 0.1) is 5.92 Å². The van der Waals surface area contributed by atoms with E-state index in [1.54, 1.807) is 11.3 Å². The number of rotatable bonds is 9. The molecule has 0 saturated heterocycles. The summed E-state index contributed by atoms with van der Waals surface area (Å²) in [6.07, 6.45) is 0.757. The molecule has 6 heteroatoms. The third-order valence-electron chi connectivity index (χ3n) is 4.78. The number of amides is 1. The molecule has 2 unspecified atom stereocenters. The molecule has 4 nitrogen and oxygen atoms in total. The number of thiol groups is 1. The molecule has 0 aliphatic heterocycles. The average molecular weight is 426 g/mol. The maximum atomic E-state index is 12.7. The van der Waals surface area contributed by atoms with Crippen molar-refractivity contribution in [2.24, 2.45) is 5.92 Å². The molecule has 2 aromatic carbocycles. The van der Waals surface area contributed by atoms with Gasteiger partial charge < -0.3 is 10.4 Å². The molecule has 150 valence electrons. The molecular formula is C23H23NO3S2. The molecule has 0 fully saturated rings. The molecular weight excluding hydrogens is 402 g/mol. The first-order chi connectivity index (χ1) is 14.1. The summed E-state index contributed by atoms with van der Waals surface area (Å²) in [7, 11) is 0. The van der Waals surface area contributed by atoms with Gasteiger partial charge >= 0.3 is 5.97 Å².